The largest absolute Gasteiger partial charge is 0.355 e. The molecule has 0 aliphatic carbocycles. The van der Waals surface area contributed by atoms with Crippen molar-refractivity contribution in [1.29, 1.82) is 0 Å². The third-order valence-electron chi connectivity index (χ3n) is 3.05. The molecular weight excluding hydrogens is 290 g/mol. The summed E-state index contributed by atoms with van der Waals surface area (Å²) < 4.78 is 0. The Morgan fingerprint density at radius 1 is 1.29 bits per heavy atom. The zero-order valence-corrected chi connectivity index (χ0v) is 13.2. The SMILES string of the molecule is CCCNC(=O)CNC(=O)C[NH2+][C@H](C)c1cccc(Cl)c1. The highest BCUT2D eigenvalue weighted by molar-refractivity contribution is 6.30. The molecular formula is C15H23ClN3O2+. The van der Waals surface area contributed by atoms with Crippen molar-refractivity contribution in [2.75, 3.05) is 19.6 Å². The summed E-state index contributed by atoms with van der Waals surface area (Å²) in [6.45, 7) is 4.91. The van der Waals surface area contributed by atoms with E-state index >= 15 is 0 Å². The van der Waals surface area contributed by atoms with E-state index in [0.29, 0.717) is 11.6 Å². The van der Waals surface area contributed by atoms with Crippen molar-refractivity contribution >= 4 is 23.4 Å². The zero-order valence-electron chi connectivity index (χ0n) is 12.5. The van der Waals surface area contributed by atoms with Crippen molar-refractivity contribution in [2.45, 2.75) is 26.3 Å². The Morgan fingerprint density at radius 3 is 2.71 bits per heavy atom. The molecule has 5 nitrogen and oxygen atoms in total. The van der Waals surface area contributed by atoms with Crippen LogP contribution in [0.1, 0.15) is 31.9 Å². The van der Waals surface area contributed by atoms with Crippen LogP contribution in [-0.4, -0.2) is 31.4 Å². The topological polar surface area (TPSA) is 74.8 Å². The molecule has 1 aromatic rings. The van der Waals surface area contributed by atoms with Crippen LogP contribution >= 0.6 is 11.6 Å². The van der Waals surface area contributed by atoms with Gasteiger partial charge >= 0.3 is 0 Å². The van der Waals surface area contributed by atoms with Crippen LogP contribution in [0, 0.1) is 0 Å². The van der Waals surface area contributed by atoms with E-state index in [-0.39, 0.29) is 30.9 Å². The van der Waals surface area contributed by atoms with Crippen LogP contribution in [0.2, 0.25) is 5.02 Å². The van der Waals surface area contributed by atoms with Gasteiger partial charge in [-0.25, -0.2) is 0 Å². The Morgan fingerprint density at radius 2 is 2.05 bits per heavy atom. The van der Waals surface area contributed by atoms with E-state index in [1.807, 2.05) is 43.4 Å². The van der Waals surface area contributed by atoms with Gasteiger partial charge in [0.05, 0.1) is 6.54 Å². The molecule has 4 N–H and O–H groups in total. The van der Waals surface area contributed by atoms with E-state index < -0.39 is 0 Å². The van der Waals surface area contributed by atoms with E-state index in [2.05, 4.69) is 10.6 Å². The Hall–Kier alpha value is -1.59. The molecule has 21 heavy (non-hydrogen) atoms. The molecule has 0 spiro atoms. The summed E-state index contributed by atoms with van der Waals surface area (Å²) in [7, 11) is 0. The van der Waals surface area contributed by atoms with Crippen LogP contribution in [0.3, 0.4) is 0 Å². The molecule has 0 radical (unpaired) electrons. The molecule has 0 bridgehead atoms. The first kappa shape index (κ1) is 17.5. The smallest absolute Gasteiger partial charge is 0.275 e. The first-order chi connectivity index (χ1) is 10.0. The Labute approximate surface area is 130 Å². The maximum absolute atomic E-state index is 11.7. The average molecular weight is 313 g/mol. The second-order valence-corrected chi connectivity index (χ2v) is 5.35. The molecule has 2 amide bonds. The molecule has 0 unspecified atom stereocenters. The van der Waals surface area contributed by atoms with Gasteiger partial charge in [0.25, 0.3) is 5.91 Å². The number of amides is 2. The van der Waals surface area contributed by atoms with Gasteiger partial charge in [0.15, 0.2) is 6.54 Å². The van der Waals surface area contributed by atoms with Crippen molar-refractivity contribution in [3.05, 3.63) is 34.9 Å². The van der Waals surface area contributed by atoms with Crippen molar-refractivity contribution in [3.8, 4) is 0 Å². The lowest BCUT2D eigenvalue weighted by Crippen LogP contribution is -2.87. The van der Waals surface area contributed by atoms with Gasteiger partial charge in [-0.3, -0.25) is 9.59 Å². The molecule has 0 saturated heterocycles. The third-order valence-corrected chi connectivity index (χ3v) is 3.28. The highest BCUT2D eigenvalue weighted by Gasteiger charge is 2.12. The van der Waals surface area contributed by atoms with Gasteiger partial charge in [0.2, 0.25) is 5.91 Å². The molecule has 0 aliphatic heterocycles. The second kappa shape index (κ2) is 9.37. The number of benzene rings is 1. The van der Waals surface area contributed by atoms with Crippen molar-refractivity contribution in [1.82, 2.24) is 10.6 Å². The Balaban J connectivity index is 2.28. The number of quaternary nitrogens is 1. The molecule has 0 fully saturated rings. The molecule has 116 valence electrons. The van der Waals surface area contributed by atoms with Crippen LogP contribution in [-0.2, 0) is 9.59 Å². The van der Waals surface area contributed by atoms with Gasteiger partial charge in [-0.1, -0.05) is 30.7 Å². The van der Waals surface area contributed by atoms with E-state index in [4.69, 9.17) is 11.6 Å². The highest BCUT2D eigenvalue weighted by atomic mass is 35.5. The number of hydrogen-bond acceptors (Lipinski definition) is 2. The lowest BCUT2D eigenvalue weighted by molar-refractivity contribution is -0.682. The monoisotopic (exact) mass is 312 g/mol. The maximum atomic E-state index is 11.7. The molecule has 1 aromatic carbocycles. The number of halogens is 1. The summed E-state index contributed by atoms with van der Waals surface area (Å²) in [5.74, 6) is -0.316. The molecule has 0 saturated carbocycles. The van der Waals surface area contributed by atoms with Crippen molar-refractivity contribution < 1.29 is 14.9 Å². The van der Waals surface area contributed by atoms with Gasteiger partial charge in [-0.2, -0.15) is 0 Å². The molecule has 1 atom stereocenters. The van der Waals surface area contributed by atoms with E-state index in [0.717, 1.165) is 12.0 Å². The lowest BCUT2D eigenvalue weighted by atomic mass is 10.1. The normalized spacial score (nSPS) is 11.8. The highest BCUT2D eigenvalue weighted by Crippen LogP contribution is 2.14. The Bertz CT molecular complexity index is 480. The minimum atomic E-state index is -0.159. The average Bonchev–Trinajstić information content (AvgIpc) is 2.48. The minimum Gasteiger partial charge on any atom is -0.355 e. The fourth-order valence-corrected chi connectivity index (χ4v) is 1.99. The van der Waals surface area contributed by atoms with Crippen molar-refractivity contribution in [3.63, 3.8) is 0 Å². The van der Waals surface area contributed by atoms with E-state index in [9.17, 15) is 9.59 Å². The van der Waals surface area contributed by atoms with Gasteiger partial charge in [-0.15, -0.1) is 0 Å². The fourth-order valence-electron chi connectivity index (χ4n) is 1.79. The third kappa shape index (κ3) is 7.11. The number of nitrogens with one attached hydrogen (secondary N) is 2. The van der Waals surface area contributed by atoms with Gasteiger partial charge in [0.1, 0.15) is 6.04 Å². The molecule has 0 heterocycles. The lowest BCUT2D eigenvalue weighted by Gasteiger charge is -2.11. The van der Waals surface area contributed by atoms with Crippen LogP contribution in [0.5, 0.6) is 0 Å². The quantitative estimate of drug-likeness (QED) is 0.658. The van der Waals surface area contributed by atoms with Gasteiger partial charge in [-0.05, 0) is 25.5 Å². The minimum absolute atomic E-state index is 0.0260. The molecule has 1 rings (SSSR count). The number of rotatable bonds is 8. The summed E-state index contributed by atoms with van der Waals surface area (Å²) in [5, 5.41) is 7.90. The second-order valence-electron chi connectivity index (χ2n) is 4.91. The van der Waals surface area contributed by atoms with Gasteiger partial charge in [0, 0.05) is 17.1 Å². The Kier molecular flexibility index (Phi) is 7.79. The molecule has 0 aromatic heterocycles. The number of carbonyl (C=O) groups is 2. The zero-order chi connectivity index (χ0) is 15.7. The fraction of sp³-hybridized carbons (Fsp3) is 0.467. The summed E-state index contributed by atoms with van der Waals surface area (Å²) >= 11 is 5.94. The van der Waals surface area contributed by atoms with Crippen LogP contribution in [0.15, 0.2) is 24.3 Å². The summed E-state index contributed by atoms with van der Waals surface area (Å²) in [4.78, 5) is 23.0. The summed E-state index contributed by atoms with van der Waals surface area (Å²) in [5.41, 5.74) is 1.07. The van der Waals surface area contributed by atoms with Crippen molar-refractivity contribution in [2.24, 2.45) is 0 Å². The predicted molar refractivity (Wildman–Crippen MR) is 83.0 cm³/mol. The molecule has 6 heteroatoms. The standard InChI is InChI=1S/C15H22ClN3O2/c1-3-7-17-14(20)10-19-15(21)9-18-11(2)12-5-4-6-13(16)8-12/h4-6,8,11,18H,3,7,9-10H2,1-2H3,(H,17,20)(H,19,21)/p+1/t11-/m1/s1. The number of hydrogen-bond donors (Lipinski definition) is 3. The summed E-state index contributed by atoms with van der Waals surface area (Å²) in [6.07, 6.45) is 0.880. The van der Waals surface area contributed by atoms with Crippen LogP contribution in [0.25, 0.3) is 0 Å². The molecule has 0 aliphatic rings. The van der Waals surface area contributed by atoms with E-state index in [1.165, 1.54) is 0 Å². The number of nitrogens with two attached hydrogens (primary N) is 1. The maximum Gasteiger partial charge on any atom is 0.275 e. The van der Waals surface area contributed by atoms with Crippen LogP contribution < -0.4 is 16.0 Å². The van der Waals surface area contributed by atoms with Crippen LogP contribution in [0.4, 0.5) is 0 Å². The van der Waals surface area contributed by atoms with E-state index in [1.54, 1.807) is 0 Å². The predicted octanol–water partition coefficient (Wildman–Crippen LogP) is 0.607. The number of carbonyl (C=O) groups excluding carboxylic acids is 2. The first-order valence-corrected chi connectivity index (χ1v) is 7.53. The van der Waals surface area contributed by atoms with Gasteiger partial charge < -0.3 is 16.0 Å². The summed E-state index contributed by atoms with van der Waals surface area (Å²) in [6, 6.07) is 7.70. The first-order valence-electron chi connectivity index (χ1n) is 7.15.